The number of benzene rings is 1. The molecule has 1 N–H and O–H groups in total. The molecule has 5 nitrogen and oxygen atoms in total. The average molecular weight is 258 g/mol. The van der Waals surface area contributed by atoms with Gasteiger partial charge in [0.25, 0.3) is 0 Å². The van der Waals surface area contributed by atoms with E-state index in [0.29, 0.717) is 0 Å². The molecule has 3 rings (SSSR count). The van der Waals surface area contributed by atoms with E-state index in [-0.39, 0.29) is 6.23 Å². The molecule has 0 aliphatic carbocycles. The molecule has 1 unspecified atom stereocenters. The minimum atomic E-state index is -0.952. The Morgan fingerprint density at radius 3 is 3.00 bits per heavy atom. The largest absolute Gasteiger partial charge is 0.478 e. The molecular weight excluding hydrogens is 244 g/mol. The standard InChI is InChI=1S/C14H14N2O3/c1-9-11-4-2-10(3-5-14(17)18)8-12(11)16(15-9)13-6-7-19-13/h2-5,8,13H,6-7H2,1H3,(H,17,18)/b5-3+. The zero-order chi connectivity index (χ0) is 13.4. The Labute approximate surface area is 110 Å². The second-order valence-electron chi connectivity index (χ2n) is 4.59. The van der Waals surface area contributed by atoms with Crippen LogP contribution in [0.1, 0.15) is 23.9 Å². The topological polar surface area (TPSA) is 64.4 Å². The molecule has 0 radical (unpaired) electrons. The van der Waals surface area contributed by atoms with E-state index < -0.39 is 5.97 Å². The zero-order valence-electron chi connectivity index (χ0n) is 10.5. The number of nitrogens with zero attached hydrogens (tertiary/aromatic N) is 2. The summed E-state index contributed by atoms with van der Waals surface area (Å²) in [5.74, 6) is -0.952. The lowest BCUT2D eigenvalue weighted by atomic mass is 10.1. The Bertz CT molecular complexity index is 669. The molecule has 1 aliphatic rings. The number of aryl methyl sites for hydroxylation is 1. The van der Waals surface area contributed by atoms with Crippen molar-refractivity contribution in [3.63, 3.8) is 0 Å². The summed E-state index contributed by atoms with van der Waals surface area (Å²) in [5.41, 5.74) is 2.78. The first-order valence-electron chi connectivity index (χ1n) is 6.16. The minimum Gasteiger partial charge on any atom is -0.478 e. The van der Waals surface area contributed by atoms with E-state index in [1.807, 2.05) is 29.8 Å². The summed E-state index contributed by atoms with van der Waals surface area (Å²) in [4.78, 5) is 10.5. The van der Waals surface area contributed by atoms with Crippen molar-refractivity contribution in [1.29, 1.82) is 0 Å². The van der Waals surface area contributed by atoms with Crippen LogP contribution in [0.15, 0.2) is 24.3 Å². The van der Waals surface area contributed by atoms with Crippen molar-refractivity contribution in [1.82, 2.24) is 9.78 Å². The lowest BCUT2D eigenvalue weighted by Gasteiger charge is -2.27. The molecule has 0 bridgehead atoms. The third-order valence-electron chi connectivity index (χ3n) is 3.28. The molecule has 2 heterocycles. The number of carboxylic acids is 1. The highest BCUT2D eigenvalue weighted by molar-refractivity contribution is 5.88. The molecule has 0 saturated carbocycles. The Morgan fingerprint density at radius 2 is 2.37 bits per heavy atom. The van der Waals surface area contributed by atoms with Crippen LogP contribution in [0.5, 0.6) is 0 Å². The quantitative estimate of drug-likeness (QED) is 0.858. The number of ether oxygens (including phenoxy) is 1. The van der Waals surface area contributed by atoms with Crippen LogP contribution in [-0.4, -0.2) is 27.5 Å². The predicted molar refractivity (Wildman–Crippen MR) is 70.7 cm³/mol. The van der Waals surface area contributed by atoms with Crippen LogP contribution >= 0.6 is 0 Å². The van der Waals surface area contributed by atoms with Crippen molar-refractivity contribution < 1.29 is 14.6 Å². The summed E-state index contributed by atoms with van der Waals surface area (Å²) < 4.78 is 7.35. The van der Waals surface area contributed by atoms with E-state index in [2.05, 4.69) is 5.10 Å². The van der Waals surface area contributed by atoms with Crippen LogP contribution in [0, 0.1) is 6.92 Å². The number of hydrogen-bond acceptors (Lipinski definition) is 3. The van der Waals surface area contributed by atoms with Crippen molar-refractivity contribution in [2.45, 2.75) is 19.6 Å². The van der Waals surface area contributed by atoms with Crippen molar-refractivity contribution in [3.8, 4) is 0 Å². The van der Waals surface area contributed by atoms with E-state index in [1.165, 1.54) is 0 Å². The third kappa shape index (κ3) is 2.13. The van der Waals surface area contributed by atoms with Crippen molar-refractivity contribution >= 4 is 22.9 Å². The summed E-state index contributed by atoms with van der Waals surface area (Å²) in [6.07, 6.45) is 3.69. The predicted octanol–water partition coefficient (Wildman–Crippen LogP) is 2.36. The first-order chi connectivity index (χ1) is 9.15. The number of hydrogen-bond donors (Lipinski definition) is 1. The first kappa shape index (κ1) is 11.9. The van der Waals surface area contributed by atoms with Crippen LogP contribution in [0.4, 0.5) is 0 Å². The molecule has 1 saturated heterocycles. The van der Waals surface area contributed by atoms with Crippen LogP contribution in [-0.2, 0) is 9.53 Å². The molecule has 5 heteroatoms. The maximum Gasteiger partial charge on any atom is 0.328 e. The van der Waals surface area contributed by atoms with Crippen LogP contribution in [0.25, 0.3) is 17.0 Å². The molecule has 1 aliphatic heterocycles. The summed E-state index contributed by atoms with van der Waals surface area (Å²) in [7, 11) is 0. The van der Waals surface area contributed by atoms with E-state index in [1.54, 1.807) is 6.08 Å². The Kier molecular flexibility index (Phi) is 2.83. The van der Waals surface area contributed by atoms with Crippen LogP contribution in [0.3, 0.4) is 0 Å². The minimum absolute atomic E-state index is 0.00917. The highest BCUT2D eigenvalue weighted by atomic mass is 16.5. The van der Waals surface area contributed by atoms with Gasteiger partial charge in [-0.1, -0.05) is 12.1 Å². The van der Waals surface area contributed by atoms with E-state index >= 15 is 0 Å². The number of aromatic nitrogens is 2. The maximum absolute atomic E-state index is 10.5. The monoisotopic (exact) mass is 258 g/mol. The Hall–Kier alpha value is -2.14. The molecule has 1 atom stereocenters. The van der Waals surface area contributed by atoms with E-state index in [9.17, 15) is 4.79 Å². The van der Waals surface area contributed by atoms with Gasteiger partial charge in [-0.2, -0.15) is 5.10 Å². The smallest absolute Gasteiger partial charge is 0.328 e. The fourth-order valence-corrected chi connectivity index (χ4v) is 2.22. The highest BCUT2D eigenvalue weighted by Gasteiger charge is 2.23. The maximum atomic E-state index is 10.5. The number of carbonyl (C=O) groups is 1. The average Bonchev–Trinajstić information content (AvgIpc) is 2.62. The zero-order valence-corrected chi connectivity index (χ0v) is 10.5. The van der Waals surface area contributed by atoms with Gasteiger partial charge >= 0.3 is 5.97 Å². The van der Waals surface area contributed by atoms with E-state index in [4.69, 9.17) is 9.84 Å². The van der Waals surface area contributed by atoms with Crippen LogP contribution in [0.2, 0.25) is 0 Å². The van der Waals surface area contributed by atoms with E-state index in [0.717, 1.165) is 41.3 Å². The fourth-order valence-electron chi connectivity index (χ4n) is 2.22. The molecule has 19 heavy (non-hydrogen) atoms. The van der Waals surface area contributed by atoms with Gasteiger partial charge in [0.2, 0.25) is 0 Å². The molecule has 0 amide bonds. The molecule has 1 aromatic heterocycles. The summed E-state index contributed by atoms with van der Waals surface area (Å²) >= 11 is 0. The van der Waals surface area contributed by atoms with Gasteiger partial charge in [0, 0.05) is 17.9 Å². The van der Waals surface area contributed by atoms with Gasteiger partial charge in [0.05, 0.1) is 17.8 Å². The number of aliphatic carboxylic acids is 1. The molecule has 1 aromatic carbocycles. The number of rotatable bonds is 3. The molecule has 0 spiro atoms. The van der Waals surface area contributed by atoms with Gasteiger partial charge in [0.1, 0.15) is 0 Å². The van der Waals surface area contributed by atoms with Gasteiger partial charge in [0.15, 0.2) is 6.23 Å². The van der Waals surface area contributed by atoms with Gasteiger partial charge in [-0.25, -0.2) is 9.48 Å². The second-order valence-corrected chi connectivity index (χ2v) is 4.59. The molecule has 98 valence electrons. The van der Waals surface area contributed by atoms with Gasteiger partial charge in [-0.3, -0.25) is 0 Å². The van der Waals surface area contributed by atoms with Crippen LogP contribution < -0.4 is 0 Å². The molecule has 2 aromatic rings. The summed E-state index contributed by atoms with van der Waals surface area (Å²) in [5, 5.41) is 14.2. The Balaban J connectivity index is 2.07. The van der Waals surface area contributed by atoms with Crippen molar-refractivity contribution in [2.24, 2.45) is 0 Å². The third-order valence-corrected chi connectivity index (χ3v) is 3.28. The normalized spacial score (nSPS) is 18.9. The molecule has 1 fully saturated rings. The Morgan fingerprint density at radius 1 is 1.58 bits per heavy atom. The van der Waals surface area contributed by atoms with Gasteiger partial charge in [-0.15, -0.1) is 0 Å². The fraction of sp³-hybridized carbons (Fsp3) is 0.286. The first-order valence-corrected chi connectivity index (χ1v) is 6.16. The lowest BCUT2D eigenvalue weighted by molar-refractivity contribution is -0.131. The SMILES string of the molecule is Cc1nn(C2CCO2)c2cc(/C=C/C(=O)O)ccc12. The van der Waals surface area contributed by atoms with Gasteiger partial charge in [-0.05, 0) is 24.6 Å². The molecular formula is C14H14N2O3. The van der Waals surface area contributed by atoms with Crippen molar-refractivity contribution in [2.75, 3.05) is 6.61 Å². The highest BCUT2D eigenvalue weighted by Crippen LogP contribution is 2.29. The lowest BCUT2D eigenvalue weighted by Crippen LogP contribution is -2.25. The second kappa shape index (κ2) is 4.51. The number of fused-ring (bicyclic) bond motifs is 1. The summed E-state index contributed by atoms with van der Waals surface area (Å²) in [6.45, 7) is 2.73. The number of carboxylic acid groups (broad SMARTS) is 1. The summed E-state index contributed by atoms with van der Waals surface area (Å²) in [6, 6.07) is 5.80. The van der Waals surface area contributed by atoms with Crippen molar-refractivity contribution in [3.05, 3.63) is 35.5 Å². The van der Waals surface area contributed by atoms with Gasteiger partial charge < -0.3 is 9.84 Å².